The van der Waals surface area contributed by atoms with Crippen LogP contribution in [-0.2, 0) is 4.74 Å². The van der Waals surface area contributed by atoms with Gasteiger partial charge in [0.1, 0.15) is 5.82 Å². The van der Waals surface area contributed by atoms with Crippen LogP contribution in [0.2, 0.25) is 0 Å². The van der Waals surface area contributed by atoms with E-state index in [0.29, 0.717) is 18.0 Å². The number of carbonyl (C=O) groups excluding carboxylic acids is 1. The second kappa shape index (κ2) is 6.91. The first-order chi connectivity index (χ1) is 10.2. The Morgan fingerprint density at radius 3 is 2.86 bits per heavy atom. The molecule has 2 rings (SSSR count). The number of amides is 1. The third-order valence-corrected chi connectivity index (χ3v) is 2.55. The molecule has 0 aliphatic rings. The molecule has 6 nitrogen and oxygen atoms in total. The maximum atomic E-state index is 11.2. The molecule has 0 saturated carbocycles. The molecule has 1 aromatic heterocycles. The van der Waals surface area contributed by atoms with Crippen LogP contribution in [0.5, 0.6) is 0 Å². The number of nitriles is 1. The summed E-state index contributed by atoms with van der Waals surface area (Å²) in [7, 11) is 0. The molecule has 0 unspecified atom stereocenters. The van der Waals surface area contributed by atoms with Crippen LogP contribution in [0.3, 0.4) is 0 Å². The van der Waals surface area contributed by atoms with E-state index in [1.807, 2.05) is 6.07 Å². The van der Waals surface area contributed by atoms with Crippen LogP contribution in [0.25, 0.3) is 0 Å². The minimum atomic E-state index is -0.535. The Hall–Kier alpha value is -3.07. The van der Waals surface area contributed by atoms with Gasteiger partial charge in [-0.3, -0.25) is 5.32 Å². The average Bonchev–Trinajstić information content (AvgIpc) is 2.50. The first-order valence-corrected chi connectivity index (χ1v) is 6.38. The molecule has 0 spiro atoms. The average molecular weight is 282 g/mol. The largest absolute Gasteiger partial charge is 0.450 e. The minimum absolute atomic E-state index is 0.306. The lowest BCUT2D eigenvalue weighted by atomic mass is 10.2. The van der Waals surface area contributed by atoms with E-state index >= 15 is 0 Å². The fourth-order valence-corrected chi connectivity index (χ4v) is 1.65. The summed E-state index contributed by atoms with van der Waals surface area (Å²) in [5.74, 6) is 0.407. The van der Waals surface area contributed by atoms with Crippen LogP contribution in [-0.4, -0.2) is 17.7 Å². The van der Waals surface area contributed by atoms with Crippen molar-refractivity contribution in [3.05, 3.63) is 48.2 Å². The highest BCUT2D eigenvalue weighted by molar-refractivity contribution is 5.83. The molecular weight excluding hydrogens is 268 g/mol. The van der Waals surface area contributed by atoms with Gasteiger partial charge in [0.2, 0.25) is 0 Å². The van der Waals surface area contributed by atoms with E-state index in [1.54, 1.807) is 43.5 Å². The summed E-state index contributed by atoms with van der Waals surface area (Å²) in [6, 6.07) is 12.6. The molecule has 2 aromatic rings. The molecular formula is C15H14N4O2. The summed E-state index contributed by atoms with van der Waals surface area (Å²) in [4.78, 5) is 15.3. The monoisotopic (exact) mass is 282 g/mol. The van der Waals surface area contributed by atoms with Gasteiger partial charge in [0, 0.05) is 5.69 Å². The highest BCUT2D eigenvalue weighted by Gasteiger charge is 2.03. The van der Waals surface area contributed by atoms with E-state index in [2.05, 4.69) is 21.7 Å². The lowest BCUT2D eigenvalue weighted by molar-refractivity contribution is 0.168. The maximum absolute atomic E-state index is 11.2. The van der Waals surface area contributed by atoms with E-state index in [1.165, 1.54) is 0 Å². The zero-order valence-electron chi connectivity index (χ0n) is 11.5. The van der Waals surface area contributed by atoms with Crippen molar-refractivity contribution in [3.63, 3.8) is 0 Å². The number of benzene rings is 1. The van der Waals surface area contributed by atoms with Crippen molar-refractivity contribution >= 4 is 23.3 Å². The predicted molar refractivity (Wildman–Crippen MR) is 79.3 cm³/mol. The van der Waals surface area contributed by atoms with Gasteiger partial charge in [0.05, 0.1) is 30.1 Å². The Bertz CT molecular complexity index is 662. The number of anilines is 3. The molecule has 6 heteroatoms. The van der Waals surface area contributed by atoms with E-state index in [4.69, 9.17) is 10.00 Å². The highest BCUT2D eigenvalue weighted by Crippen LogP contribution is 2.18. The first-order valence-electron chi connectivity index (χ1n) is 6.38. The third kappa shape index (κ3) is 4.21. The van der Waals surface area contributed by atoms with Gasteiger partial charge < -0.3 is 10.1 Å². The zero-order valence-corrected chi connectivity index (χ0v) is 11.5. The fraction of sp³-hybridized carbons (Fsp3) is 0.133. The summed E-state index contributed by atoms with van der Waals surface area (Å²) in [5.41, 5.74) is 2.12. The number of pyridine rings is 1. The molecule has 0 bridgehead atoms. The maximum Gasteiger partial charge on any atom is 0.412 e. The summed E-state index contributed by atoms with van der Waals surface area (Å²) >= 11 is 0. The molecule has 0 radical (unpaired) electrons. The molecule has 106 valence electrons. The minimum Gasteiger partial charge on any atom is -0.450 e. The molecule has 2 N–H and O–H groups in total. The predicted octanol–water partition coefficient (Wildman–Crippen LogP) is 3.27. The SMILES string of the molecule is CCOC(=O)Nc1ccc(Nc2cccc(C#N)c2)cn1. The second-order valence-electron chi connectivity index (χ2n) is 4.10. The Labute approximate surface area is 122 Å². The van der Waals surface area contributed by atoms with Crippen molar-refractivity contribution in [2.24, 2.45) is 0 Å². The molecule has 0 fully saturated rings. The quantitative estimate of drug-likeness (QED) is 0.898. The number of aromatic nitrogens is 1. The van der Waals surface area contributed by atoms with Crippen LogP contribution in [0.4, 0.5) is 22.0 Å². The molecule has 0 atom stereocenters. The molecule has 0 saturated heterocycles. The highest BCUT2D eigenvalue weighted by atomic mass is 16.5. The lowest BCUT2D eigenvalue weighted by Crippen LogP contribution is -2.14. The first kappa shape index (κ1) is 14.3. The fourth-order valence-electron chi connectivity index (χ4n) is 1.65. The Kier molecular flexibility index (Phi) is 4.72. The molecule has 1 aromatic carbocycles. The Morgan fingerprint density at radius 1 is 1.33 bits per heavy atom. The number of rotatable bonds is 4. The van der Waals surface area contributed by atoms with Gasteiger partial charge in [-0.15, -0.1) is 0 Å². The van der Waals surface area contributed by atoms with Gasteiger partial charge in [-0.1, -0.05) is 6.07 Å². The summed E-state index contributed by atoms with van der Waals surface area (Å²) in [6.07, 6.45) is 1.05. The van der Waals surface area contributed by atoms with E-state index in [-0.39, 0.29) is 0 Å². The van der Waals surface area contributed by atoms with E-state index in [0.717, 1.165) is 11.4 Å². The number of nitrogens with one attached hydrogen (secondary N) is 2. The van der Waals surface area contributed by atoms with E-state index in [9.17, 15) is 4.79 Å². The summed E-state index contributed by atoms with van der Waals surface area (Å²) in [5, 5.41) is 14.5. The van der Waals surface area contributed by atoms with Gasteiger partial charge in [0.15, 0.2) is 0 Å². The van der Waals surface area contributed by atoms with Crippen LogP contribution >= 0.6 is 0 Å². The lowest BCUT2D eigenvalue weighted by Gasteiger charge is -2.08. The second-order valence-corrected chi connectivity index (χ2v) is 4.10. The van der Waals surface area contributed by atoms with Crippen LogP contribution in [0.15, 0.2) is 42.6 Å². The summed E-state index contributed by atoms with van der Waals surface area (Å²) < 4.78 is 4.76. The normalized spacial score (nSPS) is 9.52. The Balaban J connectivity index is 2.02. The Morgan fingerprint density at radius 2 is 2.19 bits per heavy atom. The summed E-state index contributed by atoms with van der Waals surface area (Å²) in [6.45, 7) is 2.04. The van der Waals surface area contributed by atoms with Crippen molar-refractivity contribution in [3.8, 4) is 6.07 Å². The van der Waals surface area contributed by atoms with Crippen LogP contribution in [0, 0.1) is 11.3 Å². The number of hydrogen-bond acceptors (Lipinski definition) is 5. The van der Waals surface area contributed by atoms with Crippen molar-refractivity contribution in [2.75, 3.05) is 17.2 Å². The van der Waals surface area contributed by atoms with Gasteiger partial charge in [-0.25, -0.2) is 9.78 Å². The van der Waals surface area contributed by atoms with E-state index < -0.39 is 6.09 Å². The van der Waals surface area contributed by atoms with Crippen molar-refractivity contribution in [1.82, 2.24) is 4.98 Å². The van der Waals surface area contributed by atoms with Gasteiger partial charge >= 0.3 is 6.09 Å². The molecule has 0 aliphatic carbocycles. The van der Waals surface area contributed by atoms with Gasteiger partial charge in [-0.05, 0) is 37.3 Å². The van der Waals surface area contributed by atoms with Crippen LogP contribution < -0.4 is 10.6 Å². The zero-order chi connectivity index (χ0) is 15.1. The molecule has 0 aliphatic heterocycles. The van der Waals surface area contributed by atoms with Gasteiger partial charge in [-0.2, -0.15) is 5.26 Å². The van der Waals surface area contributed by atoms with Crippen molar-refractivity contribution in [2.45, 2.75) is 6.92 Å². The number of hydrogen-bond donors (Lipinski definition) is 2. The smallest absolute Gasteiger partial charge is 0.412 e. The molecule has 1 amide bonds. The standard InChI is InChI=1S/C15H14N4O2/c1-2-21-15(20)19-14-7-6-13(10-17-14)18-12-5-3-4-11(8-12)9-16/h3-8,10,18H,2H2,1H3,(H,17,19,20). The number of ether oxygens (including phenoxy) is 1. The van der Waals surface area contributed by atoms with Crippen molar-refractivity contribution in [1.29, 1.82) is 5.26 Å². The molecule has 21 heavy (non-hydrogen) atoms. The topological polar surface area (TPSA) is 87.0 Å². The van der Waals surface area contributed by atoms with Crippen LogP contribution in [0.1, 0.15) is 12.5 Å². The van der Waals surface area contributed by atoms with Crippen molar-refractivity contribution < 1.29 is 9.53 Å². The number of nitrogens with zero attached hydrogens (tertiary/aromatic N) is 2. The third-order valence-electron chi connectivity index (χ3n) is 2.55. The number of carbonyl (C=O) groups is 1. The molecule has 1 heterocycles. The van der Waals surface area contributed by atoms with Gasteiger partial charge in [0.25, 0.3) is 0 Å².